The molecule has 0 fully saturated rings. The van der Waals surface area contributed by atoms with Gasteiger partial charge in [0.25, 0.3) is 0 Å². The predicted molar refractivity (Wildman–Crippen MR) is 157 cm³/mol. The first-order valence-electron chi connectivity index (χ1n) is 12.8. The van der Waals surface area contributed by atoms with Gasteiger partial charge in [0, 0.05) is 16.3 Å². The van der Waals surface area contributed by atoms with Gasteiger partial charge in [-0.2, -0.15) is 0 Å². The van der Waals surface area contributed by atoms with Crippen molar-refractivity contribution in [2.24, 2.45) is 0 Å². The lowest BCUT2D eigenvalue weighted by atomic mass is 9.78. The molecular formula is C35H36O. The van der Waals surface area contributed by atoms with Crippen molar-refractivity contribution in [2.45, 2.75) is 46.1 Å². The Morgan fingerprint density at radius 2 is 1.78 bits per heavy atom. The van der Waals surface area contributed by atoms with Gasteiger partial charge in [-0.3, -0.25) is 0 Å². The molecule has 1 aliphatic heterocycles. The van der Waals surface area contributed by atoms with Gasteiger partial charge >= 0.3 is 0 Å². The molecule has 1 heteroatoms. The summed E-state index contributed by atoms with van der Waals surface area (Å²) in [6.07, 6.45) is 25.1. The summed E-state index contributed by atoms with van der Waals surface area (Å²) in [4.78, 5) is 0. The zero-order valence-corrected chi connectivity index (χ0v) is 22.0. The van der Waals surface area contributed by atoms with E-state index in [2.05, 4.69) is 107 Å². The number of hydrogen-bond donors (Lipinski definition) is 0. The van der Waals surface area contributed by atoms with E-state index in [1.165, 1.54) is 33.1 Å². The van der Waals surface area contributed by atoms with Crippen molar-refractivity contribution in [1.29, 1.82) is 0 Å². The van der Waals surface area contributed by atoms with Crippen LogP contribution in [0.1, 0.15) is 56.4 Å². The first-order valence-corrected chi connectivity index (χ1v) is 12.8. The van der Waals surface area contributed by atoms with Gasteiger partial charge in [-0.25, -0.2) is 0 Å². The molecule has 1 aliphatic carbocycles. The second-order valence-corrected chi connectivity index (χ2v) is 9.18. The molecule has 0 amide bonds. The summed E-state index contributed by atoms with van der Waals surface area (Å²) in [5, 5.41) is 2.26. The average Bonchev–Trinajstić information content (AvgIpc) is 2.91. The highest BCUT2D eigenvalue weighted by molar-refractivity contribution is 5.85. The van der Waals surface area contributed by atoms with Gasteiger partial charge in [0.15, 0.2) is 5.60 Å². The lowest BCUT2D eigenvalue weighted by Gasteiger charge is -2.38. The molecule has 2 aromatic rings. The summed E-state index contributed by atoms with van der Waals surface area (Å²) in [7, 11) is 0. The van der Waals surface area contributed by atoms with Gasteiger partial charge in [-0.15, -0.1) is 0 Å². The Kier molecular flexibility index (Phi) is 7.60. The zero-order valence-electron chi connectivity index (χ0n) is 22.0. The van der Waals surface area contributed by atoms with Crippen LogP contribution in [0.25, 0.3) is 23.8 Å². The smallest absolute Gasteiger partial charge is 0.177 e. The minimum atomic E-state index is -0.718. The summed E-state index contributed by atoms with van der Waals surface area (Å²) >= 11 is 0. The summed E-state index contributed by atoms with van der Waals surface area (Å²) < 4.78 is 7.19. The molecule has 2 aromatic carbocycles. The predicted octanol–water partition coefficient (Wildman–Crippen LogP) is 7.74. The molecule has 0 saturated carbocycles. The molecule has 36 heavy (non-hydrogen) atoms. The second kappa shape index (κ2) is 10.8. The molecule has 4 rings (SSSR count). The van der Waals surface area contributed by atoms with Gasteiger partial charge in [0.1, 0.15) is 5.75 Å². The van der Waals surface area contributed by atoms with Crippen molar-refractivity contribution in [1.82, 2.24) is 0 Å². The molecule has 0 bridgehead atoms. The van der Waals surface area contributed by atoms with E-state index in [9.17, 15) is 0 Å². The summed E-state index contributed by atoms with van der Waals surface area (Å²) in [5.41, 5.74) is 7.98. The van der Waals surface area contributed by atoms with Crippen molar-refractivity contribution in [3.8, 4) is 5.75 Å². The Bertz CT molecular complexity index is 1450. The minimum absolute atomic E-state index is 0.718. The van der Waals surface area contributed by atoms with E-state index in [1.807, 2.05) is 31.2 Å². The Balaban J connectivity index is 2.12. The number of rotatable bonds is 6. The van der Waals surface area contributed by atoms with Crippen LogP contribution in [-0.2, 0) is 12.0 Å². The lowest BCUT2D eigenvalue weighted by molar-refractivity contribution is 0.158. The van der Waals surface area contributed by atoms with Crippen molar-refractivity contribution in [3.63, 3.8) is 0 Å². The molecule has 182 valence electrons. The SMILES string of the molecule is C=C/C=C\C1=C(C)CCc2c3c(c(=C/C=C)/c(=C\C)c21)OC(C(/C=C\C)=C/C)(c1ccccc1)C=C3. The monoisotopic (exact) mass is 472 g/mol. The maximum atomic E-state index is 7.19. The first kappa shape index (κ1) is 25.3. The summed E-state index contributed by atoms with van der Waals surface area (Å²) in [6, 6.07) is 10.5. The van der Waals surface area contributed by atoms with Crippen LogP contribution in [0.3, 0.4) is 0 Å². The number of allylic oxidation sites excluding steroid dienone is 8. The highest BCUT2D eigenvalue weighted by atomic mass is 16.5. The Morgan fingerprint density at radius 1 is 1.00 bits per heavy atom. The summed E-state index contributed by atoms with van der Waals surface area (Å²) in [6.45, 7) is 16.4. The molecule has 0 aromatic heterocycles. The third-order valence-electron chi connectivity index (χ3n) is 7.16. The van der Waals surface area contributed by atoms with Crippen LogP contribution in [0, 0.1) is 0 Å². The van der Waals surface area contributed by atoms with Crippen LogP contribution in [0.4, 0.5) is 0 Å². The van der Waals surface area contributed by atoms with Crippen LogP contribution in [0.15, 0.2) is 103 Å². The lowest BCUT2D eigenvalue weighted by Crippen LogP contribution is -2.41. The second-order valence-electron chi connectivity index (χ2n) is 9.18. The van der Waals surface area contributed by atoms with E-state index in [4.69, 9.17) is 4.74 Å². The van der Waals surface area contributed by atoms with Gasteiger partial charge in [0.05, 0.1) is 0 Å². The fourth-order valence-corrected chi connectivity index (χ4v) is 5.50. The third kappa shape index (κ3) is 4.20. The average molecular weight is 473 g/mol. The molecule has 1 heterocycles. The minimum Gasteiger partial charge on any atom is -0.472 e. The standard InChI is InChI=1S/C35H36O/c1-7-12-20-29-25(6)21-22-30-32-23-24-35(26(10-4)16-8-2,27-18-14-13-15-19-27)36-34(32)31(17-9-3)28(11-5)33(29)30/h7-20,23-24H,1,3,21-22H2,2,4-6H3/b16-8-,20-12-,26-10+,28-11+,31-17+. The molecular weight excluding hydrogens is 436 g/mol. The molecule has 0 saturated heterocycles. The largest absolute Gasteiger partial charge is 0.472 e. The van der Waals surface area contributed by atoms with Crippen LogP contribution < -0.4 is 15.2 Å². The van der Waals surface area contributed by atoms with E-state index in [-0.39, 0.29) is 0 Å². The van der Waals surface area contributed by atoms with Gasteiger partial charge < -0.3 is 4.74 Å². The number of ether oxygens (including phenoxy) is 1. The van der Waals surface area contributed by atoms with Crippen LogP contribution in [0.2, 0.25) is 0 Å². The van der Waals surface area contributed by atoms with Crippen LogP contribution >= 0.6 is 0 Å². The van der Waals surface area contributed by atoms with E-state index in [0.29, 0.717) is 0 Å². The Labute approximate surface area is 216 Å². The Morgan fingerprint density at radius 3 is 2.42 bits per heavy atom. The van der Waals surface area contributed by atoms with Gasteiger partial charge in [-0.05, 0) is 74.1 Å². The Hall–Kier alpha value is -3.84. The van der Waals surface area contributed by atoms with Crippen LogP contribution in [0.5, 0.6) is 5.75 Å². The fraction of sp³-hybridized carbons (Fsp3) is 0.200. The van der Waals surface area contributed by atoms with Crippen LogP contribution in [-0.4, -0.2) is 0 Å². The van der Waals surface area contributed by atoms with Crippen molar-refractivity contribution >= 4 is 23.8 Å². The normalized spacial score (nSPS) is 20.6. The maximum absolute atomic E-state index is 7.19. The zero-order chi connectivity index (χ0) is 25.7. The van der Waals surface area contributed by atoms with E-state index >= 15 is 0 Å². The molecule has 2 aliphatic rings. The van der Waals surface area contributed by atoms with Crippen molar-refractivity contribution in [3.05, 3.63) is 136 Å². The molecule has 1 unspecified atom stereocenters. The number of fused-ring (bicyclic) bond motifs is 3. The van der Waals surface area contributed by atoms with Gasteiger partial charge in [0.2, 0.25) is 0 Å². The summed E-state index contributed by atoms with van der Waals surface area (Å²) in [5.74, 6) is 0.920. The molecule has 1 atom stereocenters. The maximum Gasteiger partial charge on any atom is 0.177 e. The number of hydrogen-bond acceptors (Lipinski definition) is 1. The third-order valence-corrected chi connectivity index (χ3v) is 7.16. The molecule has 0 radical (unpaired) electrons. The first-order chi connectivity index (χ1) is 17.6. The van der Waals surface area contributed by atoms with E-state index in [1.54, 1.807) is 0 Å². The highest BCUT2D eigenvalue weighted by Crippen LogP contribution is 2.44. The van der Waals surface area contributed by atoms with Crippen molar-refractivity contribution in [2.75, 3.05) is 0 Å². The van der Waals surface area contributed by atoms with E-state index < -0.39 is 5.60 Å². The molecule has 1 nitrogen and oxygen atoms in total. The molecule has 0 spiro atoms. The van der Waals surface area contributed by atoms with Crippen molar-refractivity contribution < 1.29 is 4.74 Å². The van der Waals surface area contributed by atoms with Gasteiger partial charge in [-0.1, -0.05) is 110 Å². The fourth-order valence-electron chi connectivity index (χ4n) is 5.50. The highest BCUT2D eigenvalue weighted by Gasteiger charge is 2.39. The topological polar surface area (TPSA) is 9.23 Å². The molecule has 0 N–H and O–H groups in total. The quantitative estimate of drug-likeness (QED) is 0.391. The van der Waals surface area contributed by atoms with E-state index in [0.717, 1.165) is 34.9 Å². The number of benzene rings is 2.